The summed E-state index contributed by atoms with van der Waals surface area (Å²) >= 11 is 0. The fourth-order valence-corrected chi connectivity index (χ4v) is 3.49. The first kappa shape index (κ1) is 20.9. The third kappa shape index (κ3) is 3.85. The number of hydrogen-bond acceptors (Lipinski definition) is 3. The molecule has 0 aliphatic carbocycles. The Morgan fingerprint density at radius 1 is 1.17 bits per heavy atom. The normalized spacial score (nSPS) is 16.8. The number of halogens is 4. The molecule has 0 fully saturated rings. The van der Waals surface area contributed by atoms with Gasteiger partial charge in [-0.25, -0.2) is 9.18 Å². The molecule has 1 aliphatic heterocycles. The Hall–Kier alpha value is -2.87. The quantitative estimate of drug-likeness (QED) is 0.722. The van der Waals surface area contributed by atoms with Crippen molar-refractivity contribution in [2.24, 2.45) is 0 Å². The summed E-state index contributed by atoms with van der Waals surface area (Å²) in [5, 5.41) is 9.68. The zero-order valence-electron chi connectivity index (χ0n) is 16.0. The van der Waals surface area contributed by atoms with Gasteiger partial charge in [-0.15, -0.1) is 0 Å². The lowest BCUT2D eigenvalue weighted by Gasteiger charge is -2.39. The average Bonchev–Trinajstić information content (AvgIpc) is 2.65. The van der Waals surface area contributed by atoms with E-state index in [1.54, 1.807) is 19.1 Å². The number of allylic oxidation sites excluding steroid dienone is 1. The topological polar surface area (TPSA) is 49.8 Å². The van der Waals surface area contributed by atoms with Crippen LogP contribution in [-0.2, 0) is 22.3 Å². The highest BCUT2D eigenvalue weighted by atomic mass is 19.4. The summed E-state index contributed by atoms with van der Waals surface area (Å²) in [5.41, 5.74) is 0.816. The number of ether oxygens (including phenoxy) is 1. The molecule has 1 N–H and O–H groups in total. The number of carboxylic acids is 1. The van der Waals surface area contributed by atoms with Gasteiger partial charge in [-0.05, 0) is 48.7 Å². The molecule has 1 atom stereocenters. The van der Waals surface area contributed by atoms with E-state index in [0.29, 0.717) is 22.3 Å². The molecule has 29 heavy (non-hydrogen) atoms. The van der Waals surface area contributed by atoms with E-state index < -0.39 is 29.8 Å². The number of fused-ring (bicyclic) bond motifs is 1. The number of methoxy groups -OCH3 is 1. The van der Waals surface area contributed by atoms with Crippen molar-refractivity contribution in [3.63, 3.8) is 0 Å². The summed E-state index contributed by atoms with van der Waals surface area (Å²) in [4.78, 5) is 13.3. The number of rotatable bonds is 4. The number of carbonyl (C=O) groups is 1. The molecule has 0 amide bonds. The summed E-state index contributed by atoms with van der Waals surface area (Å²) in [6, 6.07) is 7.62. The minimum absolute atomic E-state index is 0.0337. The zero-order chi connectivity index (χ0) is 21.5. The van der Waals surface area contributed by atoms with Crippen LogP contribution in [0.2, 0.25) is 0 Å². The fraction of sp³-hybridized carbons (Fsp3) is 0.286. The van der Waals surface area contributed by atoms with E-state index in [1.165, 1.54) is 31.1 Å². The van der Waals surface area contributed by atoms with E-state index >= 15 is 0 Å². The lowest BCUT2D eigenvalue weighted by atomic mass is 9.91. The summed E-state index contributed by atoms with van der Waals surface area (Å²) in [6.45, 7) is 3.09. The molecular weight excluding hydrogens is 390 g/mol. The highest BCUT2D eigenvalue weighted by Gasteiger charge is 2.38. The number of benzene rings is 2. The van der Waals surface area contributed by atoms with Crippen molar-refractivity contribution in [2.75, 3.05) is 12.0 Å². The summed E-state index contributed by atoms with van der Waals surface area (Å²) < 4.78 is 59.2. The summed E-state index contributed by atoms with van der Waals surface area (Å²) in [7, 11) is 1.28. The highest BCUT2D eigenvalue weighted by molar-refractivity contribution is 6.01. The van der Waals surface area contributed by atoms with Crippen LogP contribution in [0.4, 0.5) is 23.2 Å². The van der Waals surface area contributed by atoms with Crippen molar-refractivity contribution in [2.45, 2.75) is 32.8 Å². The molecule has 0 radical (unpaired) electrons. The maximum absolute atomic E-state index is 14.0. The van der Waals surface area contributed by atoms with Gasteiger partial charge in [-0.2, -0.15) is 13.2 Å². The molecule has 1 unspecified atom stereocenters. The second kappa shape index (κ2) is 7.51. The van der Waals surface area contributed by atoms with Gasteiger partial charge in [-0.3, -0.25) is 0 Å². The molecule has 0 saturated heterocycles. The Bertz CT molecular complexity index is 998. The standard InChI is InChI=1S/C21H19F4NO3/c1-11-4-5-13(8-16(11)22)10-26-17-9-14(21(23,24)25)6-7-15(17)12(2)18(20(27)28)19(26)29-3/h4-9,19H,10H2,1-3H3,(H,27,28). The van der Waals surface area contributed by atoms with E-state index in [1.807, 2.05) is 0 Å². The van der Waals surface area contributed by atoms with Crippen molar-refractivity contribution >= 4 is 17.2 Å². The summed E-state index contributed by atoms with van der Waals surface area (Å²) in [6.07, 6.45) is -5.70. The maximum atomic E-state index is 14.0. The van der Waals surface area contributed by atoms with Crippen molar-refractivity contribution in [1.82, 2.24) is 0 Å². The molecule has 4 nitrogen and oxygen atoms in total. The van der Waals surface area contributed by atoms with E-state index in [-0.39, 0.29) is 17.8 Å². The SMILES string of the molecule is COC1C(C(=O)O)=C(C)c2ccc(C(F)(F)F)cc2N1Cc1ccc(C)c(F)c1. The summed E-state index contributed by atoms with van der Waals surface area (Å²) in [5.74, 6) is -1.69. The van der Waals surface area contributed by atoms with Gasteiger partial charge in [0.15, 0.2) is 6.23 Å². The number of aryl methyl sites for hydroxylation is 1. The predicted octanol–water partition coefficient (Wildman–Crippen LogP) is 5.00. The number of anilines is 1. The lowest BCUT2D eigenvalue weighted by Crippen LogP contribution is -2.43. The molecule has 3 rings (SSSR count). The van der Waals surface area contributed by atoms with Crippen LogP contribution in [0.1, 0.15) is 29.2 Å². The number of hydrogen-bond donors (Lipinski definition) is 1. The van der Waals surface area contributed by atoms with Crippen LogP contribution in [-0.4, -0.2) is 24.4 Å². The van der Waals surface area contributed by atoms with E-state index in [4.69, 9.17) is 4.74 Å². The van der Waals surface area contributed by atoms with Gasteiger partial charge in [0.05, 0.1) is 11.1 Å². The minimum atomic E-state index is -4.57. The molecule has 2 aromatic rings. The van der Waals surface area contributed by atoms with E-state index in [0.717, 1.165) is 12.1 Å². The van der Waals surface area contributed by atoms with Crippen molar-refractivity contribution in [1.29, 1.82) is 0 Å². The molecule has 2 aromatic carbocycles. The first-order valence-corrected chi connectivity index (χ1v) is 8.74. The van der Waals surface area contributed by atoms with Crippen LogP contribution in [0.3, 0.4) is 0 Å². The number of aliphatic carboxylic acids is 1. The zero-order valence-corrected chi connectivity index (χ0v) is 16.0. The van der Waals surface area contributed by atoms with Gasteiger partial charge in [0, 0.05) is 24.9 Å². The molecule has 1 aliphatic rings. The molecule has 8 heteroatoms. The van der Waals surface area contributed by atoms with E-state index in [9.17, 15) is 27.5 Å². The van der Waals surface area contributed by atoms with Crippen LogP contribution in [0.15, 0.2) is 42.0 Å². The van der Waals surface area contributed by atoms with Crippen molar-refractivity contribution in [3.05, 3.63) is 70.0 Å². The number of carboxylic acid groups (broad SMARTS) is 1. The lowest BCUT2D eigenvalue weighted by molar-refractivity contribution is -0.137. The van der Waals surface area contributed by atoms with Crippen molar-refractivity contribution < 1.29 is 32.2 Å². The second-order valence-electron chi connectivity index (χ2n) is 6.87. The maximum Gasteiger partial charge on any atom is 0.416 e. The smallest absolute Gasteiger partial charge is 0.416 e. The second-order valence-corrected chi connectivity index (χ2v) is 6.87. The number of nitrogens with zero attached hydrogens (tertiary/aromatic N) is 1. The van der Waals surface area contributed by atoms with Gasteiger partial charge < -0.3 is 14.7 Å². The Kier molecular flexibility index (Phi) is 5.40. The Morgan fingerprint density at radius 2 is 1.86 bits per heavy atom. The molecule has 1 heterocycles. The van der Waals surface area contributed by atoms with Crippen LogP contribution < -0.4 is 4.90 Å². The minimum Gasteiger partial charge on any atom is -0.478 e. The highest BCUT2D eigenvalue weighted by Crippen LogP contribution is 2.42. The van der Waals surface area contributed by atoms with Gasteiger partial charge in [-0.1, -0.05) is 18.2 Å². The Balaban J connectivity index is 2.19. The van der Waals surface area contributed by atoms with Gasteiger partial charge in [0.2, 0.25) is 0 Å². The first-order chi connectivity index (χ1) is 13.5. The monoisotopic (exact) mass is 409 g/mol. The Morgan fingerprint density at radius 3 is 2.41 bits per heavy atom. The molecule has 154 valence electrons. The van der Waals surface area contributed by atoms with Gasteiger partial charge >= 0.3 is 12.1 Å². The molecule has 0 bridgehead atoms. The third-order valence-electron chi connectivity index (χ3n) is 5.02. The third-order valence-corrected chi connectivity index (χ3v) is 5.02. The molecule has 0 saturated carbocycles. The van der Waals surface area contributed by atoms with Crippen LogP contribution in [0.5, 0.6) is 0 Å². The first-order valence-electron chi connectivity index (χ1n) is 8.74. The van der Waals surface area contributed by atoms with Gasteiger partial charge in [0.25, 0.3) is 0 Å². The van der Waals surface area contributed by atoms with Crippen LogP contribution >= 0.6 is 0 Å². The van der Waals surface area contributed by atoms with Crippen LogP contribution in [0.25, 0.3) is 5.57 Å². The van der Waals surface area contributed by atoms with E-state index in [2.05, 4.69) is 0 Å². The number of alkyl halides is 3. The van der Waals surface area contributed by atoms with Gasteiger partial charge in [0.1, 0.15) is 5.82 Å². The molecule has 0 spiro atoms. The average molecular weight is 409 g/mol. The van der Waals surface area contributed by atoms with Crippen LogP contribution in [0, 0.1) is 12.7 Å². The van der Waals surface area contributed by atoms with Crippen molar-refractivity contribution in [3.8, 4) is 0 Å². The Labute approximate surface area is 165 Å². The predicted molar refractivity (Wildman–Crippen MR) is 99.8 cm³/mol. The largest absolute Gasteiger partial charge is 0.478 e. The molecular formula is C21H19F4NO3. The molecule has 0 aromatic heterocycles. The fourth-order valence-electron chi connectivity index (χ4n) is 3.49.